The highest BCUT2D eigenvalue weighted by atomic mass is 28.4. The van der Waals surface area contributed by atoms with E-state index in [1.807, 2.05) is 152 Å². The fourth-order valence-corrected chi connectivity index (χ4v) is 11.2. The van der Waals surface area contributed by atoms with Crippen molar-refractivity contribution in [3.63, 3.8) is 0 Å². The van der Waals surface area contributed by atoms with Gasteiger partial charge >= 0.3 is 0 Å². The molecule has 0 bridgehead atoms. The van der Waals surface area contributed by atoms with Crippen molar-refractivity contribution in [3.8, 4) is 0 Å². The van der Waals surface area contributed by atoms with Crippen LogP contribution in [0, 0.1) is 0 Å². The van der Waals surface area contributed by atoms with Gasteiger partial charge in [-0.1, -0.05) is 172 Å². The Kier molecular flexibility index (Phi) is 11.4. The minimum Gasteiger partial charge on any atom is -0.405 e. The zero-order valence-electron chi connectivity index (χ0n) is 27.8. The molecule has 48 heavy (non-hydrogen) atoms. The van der Waals surface area contributed by atoms with E-state index in [0.717, 1.165) is 27.1 Å². The molecule has 5 rings (SSSR count). The Hall–Kier alpha value is -3.92. The van der Waals surface area contributed by atoms with Gasteiger partial charge in [0.05, 0.1) is 13.2 Å². The lowest BCUT2D eigenvalue weighted by atomic mass is 9.80. The highest BCUT2D eigenvalue weighted by Crippen LogP contribution is 2.41. The van der Waals surface area contributed by atoms with E-state index in [1.54, 1.807) is 0 Å². The van der Waals surface area contributed by atoms with Crippen molar-refractivity contribution in [2.24, 2.45) is 0 Å². The molecule has 0 aliphatic carbocycles. The van der Waals surface area contributed by atoms with Gasteiger partial charge in [-0.3, -0.25) is 0 Å². The van der Waals surface area contributed by atoms with Gasteiger partial charge in [0, 0.05) is 0 Å². The molecule has 5 aromatic rings. The SMILES string of the molecule is CC(C)(C)[Si](OC[C@H](O)[C@@H](O)[C@H](O)[C@H](O)COC(c1ccccc1)(c1ccccc1)c1ccccc1)(c1ccccc1)c1ccccc1. The normalized spacial score (nSPS) is 15.0. The summed E-state index contributed by atoms with van der Waals surface area (Å²) in [6, 6.07) is 49.1. The summed E-state index contributed by atoms with van der Waals surface area (Å²) in [4.78, 5) is 0. The molecular formula is C41H46O6Si. The van der Waals surface area contributed by atoms with Gasteiger partial charge in [-0.25, -0.2) is 0 Å². The maximum Gasteiger partial charge on any atom is 0.261 e. The first-order valence-corrected chi connectivity index (χ1v) is 18.3. The molecule has 0 aliphatic heterocycles. The molecule has 0 aliphatic rings. The van der Waals surface area contributed by atoms with E-state index in [9.17, 15) is 20.4 Å². The van der Waals surface area contributed by atoms with Gasteiger partial charge in [-0.2, -0.15) is 0 Å². The number of aliphatic hydroxyl groups is 4. The molecule has 7 heteroatoms. The number of rotatable bonds is 14. The van der Waals surface area contributed by atoms with Gasteiger partial charge in [-0.15, -0.1) is 0 Å². The van der Waals surface area contributed by atoms with E-state index < -0.39 is 38.3 Å². The molecule has 0 radical (unpaired) electrons. The van der Waals surface area contributed by atoms with Crippen molar-refractivity contribution in [1.29, 1.82) is 0 Å². The smallest absolute Gasteiger partial charge is 0.261 e. The fraction of sp³-hybridized carbons (Fsp3) is 0.268. The van der Waals surface area contributed by atoms with Crippen LogP contribution in [0.5, 0.6) is 0 Å². The van der Waals surface area contributed by atoms with Gasteiger partial charge < -0.3 is 29.6 Å². The van der Waals surface area contributed by atoms with E-state index in [1.165, 1.54) is 0 Å². The van der Waals surface area contributed by atoms with Crippen LogP contribution in [0.15, 0.2) is 152 Å². The summed E-state index contributed by atoms with van der Waals surface area (Å²) in [5.41, 5.74) is 1.38. The highest BCUT2D eigenvalue weighted by molar-refractivity contribution is 6.99. The summed E-state index contributed by atoms with van der Waals surface area (Å²) in [6.45, 7) is 5.78. The summed E-state index contributed by atoms with van der Waals surface area (Å²) in [5.74, 6) is 0. The van der Waals surface area contributed by atoms with Crippen LogP contribution in [0.2, 0.25) is 5.04 Å². The lowest BCUT2D eigenvalue weighted by molar-refractivity contribution is -0.139. The van der Waals surface area contributed by atoms with Crippen LogP contribution in [-0.4, -0.2) is 66.4 Å². The molecule has 4 N–H and O–H groups in total. The standard InChI is InChI=1S/C41H46O6Si/c1-40(2,3)48(34-25-15-7-16-26-34,35-27-17-8-18-28-35)47-30-37(43)39(45)38(44)36(42)29-46-41(31-19-9-4-10-20-31,32-21-11-5-12-22-32)33-23-13-6-14-24-33/h4-28,36-39,42-45H,29-30H2,1-3H3/t36-,37+,38-,39-/m1/s1. The Morgan fingerprint density at radius 1 is 0.479 bits per heavy atom. The quantitative estimate of drug-likeness (QED) is 0.0986. The third-order valence-corrected chi connectivity index (χ3v) is 14.0. The van der Waals surface area contributed by atoms with Crippen molar-refractivity contribution in [1.82, 2.24) is 0 Å². The Labute approximate surface area is 285 Å². The van der Waals surface area contributed by atoms with E-state index in [2.05, 4.69) is 20.8 Å². The van der Waals surface area contributed by atoms with Crippen LogP contribution in [0.1, 0.15) is 37.5 Å². The molecular weight excluding hydrogens is 617 g/mol. The van der Waals surface area contributed by atoms with E-state index in [0.29, 0.717) is 0 Å². The van der Waals surface area contributed by atoms with Crippen LogP contribution in [0.3, 0.4) is 0 Å². The third kappa shape index (κ3) is 7.23. The first kappa shape index (κ1) is 35.4. The van der Waals surface area contributed by atoms with Crippen molar-refractivity contribution in [2.45, 2.75) is 55.8 Å². The van der Waals surface area contributed by atoms with Crippen LogP contribution in [-0.2, 0) is 14.8 Å². The maximum atomic E-state index is 11.3. The van der Waals surface area contributed by atoms with E-state index in [4.69, 9.17) is 9.16 Å². The van der Waals surface area contributed by atoms with Crippen LogP contribution >= 0.6 is 0 Å². The van der Waals surface area contributed by atoms with Gasteiger partial charge in [0.2, 0.25) is 0 Å². The van der Waals surface area contributed by atoms with Crippen molar-refractivity contribution in [3.05, 3.63) is 168 Å². The minimum atomic E-state index is -3.01. The Morgan fingerprint density at radius 3 is 1.12 bits per heavy atom. The van der Waals surface area contributed by atoms with E-state index in [-0.39, 0.29) is 18.3 Å². The summed E-state index contributed by atoms with van der Waals surface area (Å²) in [7, 11) is -3.01. The molecule has 0 amide bonds. The van der Waals surface area contributed by atoms with Crippen LogP contribution in [0.4, 0.5) is 0 Å². The molecule has 250 valence electrons. The molecule has 5 aromatic carbocycles. The topological polar surface area (TPSA) is 99.4 Å². The first-order chi connectivity index (χ1) is 23.1. The zero-order chi connectivity index (χ0) is 34.2. The Balaban J connectivity index is 1.38. The molecule has 0 aromatic heterocycles. The van der Waals surface area contributed by atoms with Gasteiger partial charge in [0.1, 0.15) is 30.0 Å². The van der Waals surface area contributed by atoms with Gasteiger partial charge in [0.15, 0.2) is 0 Å². The molecule has 0 saturated heterocycles. The molecule has 0 spiro atoms. The predicted molar refractivity (Wildman–Crippen MR) is 193 cm³/mol. The first-order valence-electron chi connectivity index (χ1n) is 16.4. The van der Waals surface area contributed by atoms with Gasteiger partial charge in [-0.05, 0) is 32.1 Å². The predicted octanol–water partition coefficient (Wildman–Crippen LogP) is 5.02. The number of aliphatic hydroxyl groups excluding tert-OH is 4. The number of hydrogen-bond acceptors (Lipinski definition) is 6. The molecule has 0 saturated carbocycles. The molecule has 6 nitrogen and oxygen atoms in total. The summed E-state index contributed by atoms with van der Waals surface area (Å²) < 4.78 is 13.4. The third-order valence-electron chi connectivity index (χ3n) is 9.04. The number of ether oxygens (including phenoxy) is 1. The number of benzene rings is 5. The Bertz CT molecular complexity index is 1530. The molecule has 4 atom stereocenters. The molecule has 0 unspecified atom stereocenters. The van der Waals surface area contributed by atoms with Crippen molar-refractivity contribution in [2.75, 3.05) is 13.2 Å². The summed E-state index contributed by atoms with van der Waals surface area (Å²) in [6.07, 6.45) is -6.44. The summed E-state index contributed by atoms with van der Waals surface area (Å²) in [5, 5.41) is 46.6. The maximum absolute atomic E-state index is 11.3. The highest BCUT2D eigenvalue weighted by Gasteiger charge is 2.51. The average molecular weight is 663 g/mol. The van der Waals surface area contributed by atoms with E-state index >= 15 is 0 Å². The monoisotopic (exact) mass is 662 g/mol. The molecule has 0 heterocycles. The average Bonchev–Trinajstić information content (AvgIpc) is 3.13. The number of hydrogen-bond donors (Lipinski definition) is 4. The summed E-state index contributed by atoms with van der Waals surface area (Å²) >= 11 is 0. The molecule has 0 fully saturated rings. The van der Waals surface area contributed by atoms with Crippen molar-refractivity contribution < 1.29 is 29.6 Å². The van der Waals surface area contributed by atoms with Gasteiger partial charge in [0.25, 0.3) is 8.32 Å². The largest absolute Gasteiger partial charge is 0.405 e. The van der Waals surface area contributed by atoms with Crippen LogP contribution in [0.25, 0.3) is 0 Å². The van der Waals surface area contributed by atoms with Crippen LogP contribution < -0.4 is 10.4 Å². The van der Waals surface area contributed by atoms with Crippen molar-refractivity contribution >= 4 is 18.7 Å². The lowest BCUT2D eigenvalue weighted by Gasteiger charge is -2.43. The Morgan fingerprint density at radius 2 is 0.792 bits per heavy atom. The zero-order valence-corrected chi connectivity index (χ0v) is 28.8. The lowest BCUT2D eigenvalue weighted by Crippen LogP contribution is -2.67. The minimum absolute atomic E-state index is 0.249. The second kappa shape index (κ2) is 15.5. The fourth-order valence-electron chi connectivity index (χ4n) is 6.60. The second-order valence-corrected chi connectivity index (χ2v) is 17.5. The second-order valence-electron chi connectivity index (χ2n) is 13.2.